The summed E-state index contributed by atoms with van der Waals surface area (Å²) in [6.45, 7) is 9.66. The number of nitrogens with one attached hydrogen (secondary N) is 2. The molecule has 0 aromatic heterocycles. The van der Waals surface area contributed by atoms with Gasteiger partial charge in [0, 0.05) is 6.54 Å². The zero-order valence-corrected chi connectivity index (χ0v) is 18.0. The molecule has 0 radical (unpaired) electrons. The standard InChI is InChI=1S/C24H27N3O4/c1-16(2)15-31-20-11-9-19(10-12-20)24(4)22(29)27(23(30)26-24)14-21(28)25-13-18-7-5-17(3)6-8-18/h5-12H,1,13-15H2,2-4H3,(H,25,28)(H,26,30). The van der Waals surface area contributed by atoms with E-state index in [0.29, 0.717) is 24.5 Å². The minimum absolute atomic E-state index is 0.325. The molecule has 1 aliphatic heterocycles. The van der Waals surface area contributed by atoms with Crippen LogP contribution in [0.2, 0.25) is 0 Å². The fourth-order valence-corrected chi connectivity index (χ4v) is 3.23. The number of hydrogen-bond donors (Lipinski definition) is 2. The van der Waals surface area contributed by atoms with Gasteiger partial charge < -0.3 is 15.4 Å². The fourth-order valence-electron chi connectivity index (χ4n) is 3.23. The number of amides is 4. The van der Waals surface area contributed by atoms with Crippen LogP contribution in [0.4, 0.5) is 4.79 Å². The number of carbonyl (C=O) groups is 3. The van der Waals surface area contributed by atoms with Gasteiger partial charge in [-0.2, -0.15) is 0 Å². The molecule has 7 heteroatoms. The van der Waals surface area contributed by atoms with Crippen molar-refractivity contribution in [3.63, 3.8) is 0 Å². The quantitative estimate of drug-likeness (QED) is 0.507. The molecule has 1 aliphatic rings. The van der Waals surface area contributed by atoms with E-state index in [1.807, 2.05) is 38.1 Å². The molecule has 1 unspecified atom stereocenters. The Morgan fingerprint density at radius 1 is 1.13 bits per heavy atom. The van der Waals surface area contributed by atoms with Gasteiger partial charge in [-0.05, 0) is 49.6 Å². The molecular weight excluding hydrogens is 394 g/mol. The molecule has 0 bridgehead atoms. The lowest BCUT2D eigenvalue weighted by molar-refractivity contribution is -0.134. The van der Waals surface area contributed by atoms with E-state index in [9.17, 15) is 14.4 Å². The highest BCUT2D eigenvalue weighted by Gasteiger charge is 2.49. The Bertz CT molecular complexity index is 998. The smallest absolute Gasteiger partial charge is 0.325 e. The summed E-state index contributed by atoms with van der Waals surface area (Å²) in [6.07, 6.45) is 0. The van der Waals surface area contributed by atoms with Crippen LogP contribution >= 0.6 is 0 Å². The van der Waals surface area contributed by atoms with Crippen LogP contribution in [0.3, 0.4) is 0 Å². The summed E-state index contributed by atoms with van der Waals surface area (Å²) < 4.78 is 5.57. The molecule has 4 amide bonds. The number of ether oxygens (including phenoxy) is 1. The van der Waals surface area contributed by atoms with Crippen molar-refractivity contribution < 1.29 is 19.1 Å². The average molecular weight is 421 g/mol. The lowest BCUT2D eigenvalue weighted by atomic mass is 9.92. The lowest BCUT2D eigenvalue weighted by Crippen LogP contribution is -2.43. The van der Waals surface area contributed by atoms with E-state index in [1.54, 1.807) is 31.2 Å². The van der Waals surface area contributed by atoms with Crippen molar-refractivity contribution in [2.75, 3.05) is 13.2 Å². The fraction of sp³-hybridized carbons (Fsp3) is 0.292. The van der Waals surface area contributed by atoms with Gasteiger partial charge in [0.05, 0.1) is 0 Å². The normalized spacial score (nSPS) is 18.0. The molecule has 1 saturated heterocycles. The molecule has 2 aromatic carbocycles. The molecular formula is C24H27N3O4. The van der Waals surface area contributed by atoms with Crippen LogP contribution in [0, 0.1) is 6.92 Å². The molecule has 7 nitrogen and oxygen atoms in total. The van der Waals surface area contributed by atoms with Crippen molar-refractivity contribution in [1.82, 2.24) is 15.5 Å². The molecule has 162 valence electrons. The van der Waals surface area contributed by atoms with Gasteiger partial charge in [0.15, 0.2) is 0 Å². The number of carbonyl (C=O) groups excluding carboxylic acids is 3. The van der Waals surface area contributed by atoms with Crippen LogP contribution in [0.25, 0.3) is 0 Å². The van der Waals surface area contributed by atoms with E-state index in [2.05, 4.69) is 17.2 Å². The second-order valence-electron chi connectivity index (χ2n) is 7.98. The van der Waals surface area contributed by atoms with Gasteiger partial charge in [-0.15, -0.1) is 0 Å². The first-order valence-electron chi connectivity index (χ1n) is 10.0. The van der Waals surface area contributed by atoms with Crippen LogP contribution in [-0.4, -0.2) is 35.9 Å². The van der Waals surface area contributed by atoms with Gasteiger partial charge in [0.2, 0.25) is 5.91 Å². The predicted octanol–water partition coefficient (Wildman–Crippen LogP) is 3.03. The Labute approximate surface area is 182 Å². The molecule has 0 aliphatic carbocycles. The van der Waals surface area contributed by atoms with Crippen LogP contribution < -0.4 is 15.4 Å². The molecule has 3 rings (SSSR count). The molecule has 2 aromatic rings. The lowest BCUT2D eigenvalue weighted by Gasteiger charge is -2.22. The third kappa shape index (κ3) is 5.12. The number of imide groups is 1. The SMILES string of the molecule is C=C(C)COc1ccc(C2(C)NC(=O)N(CC(=O)NCc3ccc(C)cc3)C2=O)cc1. The van der Waals surface area contributed by atoms with Crippen molar-refractivity contribution in [3.8, 4) is 5.75 Å². The number of rotatable bonds is 8. The highest BCUT2D eigenvalue weighted by Crippen LogP contribution is 2.30. The topological polar surface area (TPSA) is 87.7 Å². The second-order valence-corrected chi connectivity index (χ2v) is 7.98. The molecule has 0 spiro atoms. The van der Waals surface area contributed by atoms with Crippen molar-refractivity contribution in [1.29, 1.82) is 0 Å². The maximum Gasteiger partial charge on any atom is 0.325 e. The minimum Gasteiger partial charge on any atom is -0.489 e. The van der Waals surface area contributed by atoms with Gasteiger partial charge >= 0.3 is 6.03 Å². The van der Waals surface area contributed by atoms with E-state index in [4.69, 9.17) is 4.74 Å². The first-order chi connectivity index (χ1) is 14.7. The van der Waals surface area contributed by atoms with Crippen LogP contribution in [0.15, 0.2) is 60.7 Å². The summed E-state index contributed by atoms with van der Waals surface area (Å²) in [5.41, 5.74) is 2.32. The summed E-state index contributed by atoms with van der Waals surface area (Å²) in [6, 6.07) is 14.1. The van der Waals surface area contributed by atoms with Gasteiger partial charge in [0.1, 0.15) is 24.4 Å². The average Bonchev–Trinajstić information content (AvgIpc) is 2.96. The first kappa shape index (κ1) is 22.1. The Kier molecular flexibility index (Phi) is 6.44. The third-order valence-electron chi connectivity index (χ3n) is 5.10. The van der Waals surface area contributed by atoms with Crippen molar-refractivity contribution in [3.05, 3.63) is 77.4 Å². The second kappa shape index (κ2) is 9.04. The van der Waals surface area contributed by atoms with Crippen molar-refractivity contribution in [2.45, 2.75) is 32.9 Å². The van der Waals surface area contributed by atoms with E-state index in [-0.39, 0.29) is 6.54 Å². The highest BCUT2D eigenvalue weighted by molar-refractivity contribution is 6.09. The number of nitrogens with zero attached hydrogens (tertiary/aromatic N) is 1. The summed E-state index contributed by atoms with van der Waals surface area (Å²) >= 11 is 0. The van der Waals surface area contributed by atoms with Gasteiger partial charge in [-0.1, -0.05) is 48.5 Å². The number of benzene rings is 2. The van der Waals surface area contributed by atoms with Crippen LogP contribution in [0.1, 0.15) is 30.5 Å². The van der Waals surface area contributed by atoms with Crippen LogP contribution in [0.5, 0.6) is 5.75 Å². The van der Waals surface area contributed by atoms with E-state index in [0.717, 1.165) is 21.6 Å². The number of urea groups is 1. The molecule has 31 heavy (non-hydrogen) atoms. The van der Waals surface area contributed by atoms with E-state index >= 15 is 0 Å². The molecule has 1 heterocycles. The van der Waals surface area contributed by atoms with E-state index < -0.39 is 23.4 Å². The summed E-state index contributed by atoms with van der Waals surface area (Å²) in [4.78, 5) is 38.7. The van der Waals surface area contributed by atoms with Crippen molar-refractivity contribution >= 4 is 17.8 Å². The largest absolute Gasteiger partial charge is 0.489 e. The van der Waals surface area contributed by atoms with Crippen molar-refractivity contribution in [2.24, 2.45) is 0 Å². The van der Waals surface area contributed by atoms with Gasteiger partial charge in [-0.25, -0.2) is 4.79 Å². The highest BCUT2D eigenvalue weighted by atomic mass is 16.5. The first-order valence-corrected chi connectivity index (χ1v) is 10.0. The molecule has 1 atom stereocenters. The molecule has 0 saturated carbocycles. The maximum absolute atomic E-state index is 13.0. The number of hydrogen-bond acceptors (Lipinski definition) is 4. The Morgan fingerprint density at radius 2 is 1.77 bits per heavy atom. The Morgan fingerprint density at radius 3 is 2.39 bits per heavy atom. The number of aryl methyl sites for hydroxylation is 1. The molecule has 1 fully saturated rings. The summed E-state index contributed by atoms with van der Waals surface area (Å²) in [5, 5.41) is 5.45. The van der Waals surface area contributed by atoms with Crippen LogP contribution in [-0.2, 0) is 21.7 Å². The zero-order chi connectivity index (χ0) is 22.6. The maximum atomic E-state index is 13.0. The van der Waals surface area contributed by atoms with Gasteiger partial charge in [0.25, 0.3) is 5.91 Å². The Hall–Kier alpha value is -3.61. The van der Waals surface area contributed by atoms with E-state index in [1.165, 1.54) is 0 Å². The van der Waals surface area contributed by atoms with Gasteiger partial charge in [-0.3, -0.25) is 14.5 Å². The molecule has 2 N–H and O–H groups in total. The third-order valence-corrected chi connectivity index (χ3v) is 5.10. The monoisotopic (exact) mass is 421 g/mol. The summed E-state index contributed by atoms with van der Waals surface area (Å²) in [5.74, 6) is -0.241. The Balaban J connectivity index is 1.63. The summed E-state index contributed by atoms with van der Waals surface area (Å²) in [7, 11) is 0. The minimum atomic E-state index is -1.25. The predicted molar refractivity (Wildman–Crippen MR) is 117 cm³/mol. The zero-order valence-electron chi connectivity index (χ0n) is 18.0.